The monoisotopic (exact) mass is 316 g/mol. The maximum atomic E-state index is 12.1. The van der Waals surface area contributed by atoms with Crippen molar-refractivity contribution in [3.8, 4) is 0 Å². The summed E-state index contributed by atoms with van der Waals surface area (Å²) in [5.41, 5.74) is 4.48. The number of hydrogen-bond donors (Lipinski definition) is 0. The largest absolute Gasteiger partial charge is 0.269 e. The summed E-state index contributed by atoms with van der Waals surface area (Å²) in [6.45, 7) is 4.06. The van der Waals surface area contributed by atoms with Crippen LogP contribution in [0.4, 0.5) is 0 Å². The van der Waals surface area contributed by atoms with Crippen molar-refractivity contribution < 1.29 is 0 Å². The van der Waals surface area contributed by atoms with E-state index in [0.29, 0.717) is 0 Å². The Morgan fingerprint density at radius 3 is 2.86 bits per heavy atom. The molecule has 2 heterocycles. The molecule has 0 fully saturated rings. The number of fused-ring (bicyclic) bond motifs is 1. The van der Waals surface area contributed by atoms with Gasteiger partial charge in [-0.15, -0.1) is 11.3 Å². The third-order valence-corrected chi connectivity index (χ3v) is 5.36. The summed E-state index contributed by atoms with van der Waals surface area (Å²) in [4.78, 5) is 17.4. The predicted molar refractivity (Wildman–Crippen MR) is 90.3 cm³/mol. The Hall–Kier alpha value is -1.59. The van der Waals surface area contributed by atoms with Gasteiger partial charge in [-0.05, 0) is 25.0 Å². The molecule has 0 bridgehead atoms. The predicted octanol–water partition coefficient (Wildman–Crippen LogP) is 3.81. The fourth-order valence-electron chi connectivity index (χ4n) is 2.21. The Labute approximate surface area is 131 Å². The van der Waals surface area contributed by atoms with E-state index in [4.69, 9.17) is 0 Å². The van der Waals surface area contributed by atoms with Gasteiger partial charge in [0.2, 0.25) is 0 Å². The van der Waals surface area contributed by atoms with Crippen LogP contribution in [-0.2, 0) is 11.5 Å². The molecule has 3 nitrogen and oxygen atoms in total. The number of rotatable bonds is 4. The first-order valence-electron chi connectivity index (χ1n) is 6.74. The molecule has 0 saturated carbocycles. The highest BCUT2D eigenvalue weighted by atomic mass is 32.2. The number of thioether (sulfide) groups is 1. The second-order valence-electron chi connectivity index (χ2n) is 5.00. The van der Waals surface area contributed by atoms with E-state index in [1.807, 2.05) is 12.3 Å². The molecule has 0 radical (unpaired) electrons. The van der Waals surface area contributed by atoms with Crippen molar-refractivity contribution >= 4 is 28.1 Å². The van der Waals surface area contributed by atoms with Gasteiger partial charge in [0, 0.05) is 28.6 Å². The van der Waals surface area contributed by atoms with E-state index < -0.39 is 0 Å². The van der Waals surface area contributed by atoms with E-state index in [-0.39, 0.29) is 5.56 Å². The first-order chi connectivity index (χ1) is 10.1. The standard InChI is InChI=1S/C16H16N2OS2/c1-11-5-3-4-6-13(11)9-20-10-14-7-15(19)18-12(2)8-21-16(18)17-14/h3-8H,9-10H2,1-2H3. The number of thiazole rings is 1. The van der Waals surface area contributed by atoms with E-state index in [9.17, 15) is 4.79 Å². The fourth-order valence-corrected chi connectivity index (χ4v) is 4.11. The third-order valence-electron chi connectivity index (χ3n) is 3.40. The summed E-state index contributed by atoms with van der Waals surface area (Å²) in [5, 5.41) is 1.97. The number of aromatic nitrogens is 2. The zero-order valence-corrected chi connectivity index (χ0v) is 13.6. The van der Waals surface area contributed by atoms with Crippen molar-refractivity contribution in [2.45, 2.75) is 25.4 Å². The average Bonchev–Trinajstić information content (AvgIpc) is 2.83. The van der Waals surface area contributed by atoms with Gasteiger partial charge in [-0.25, -0.2) is 4.98 Å². The van der Waals surface area contributed by atoms with Gasteiger partial charge in [0.05, 0.1) is 5.69 Å². The van der Waals surface area contributed by atoms with Crippen LogP contribution in [0.15, 0.2) is 40.5 Å². The smallest absolute Gasteiger partial charge is 0.258 e. The van der Waals surface area contributed by atoms with Crippen molar-refractivity contribution in [1.29, 1.82) is 0 Å². The summed E-state index contributed by atoms with van der Waals surface area (Å²) in [6, 6.07) is 10.0. The van der Waals surface area contributed by atoms with Crippen molar-refractivity contribution in [3.05, 3.63) is 68.6 Å². The van der Waals surface area contributed by atoms with Gasteiger partial charge in [-0.2, -0.15) is 11.8 Å². The molecular formula is C16H16N2OS2. The lowest BCUT2D eigenvalue weighted by Crippen LogP contribution is -2.14. The Kier molecular flexibility index (Phi) is 4.12. The zero-order chi connectivity index (χ0) is 14.8. The molecule has 0 N–H and O–H groups in total. The molecule has 0 amide bonds. The Morgan fingerprint density at radius 2 is 2.05 bits per heavy atom. The topological polar surface area (TPSA) is 34.4 Å². The normalized spacial score (nSPS) is 11.1. The van der Waals surface area contributed by atoms with E-state index in [1.165, 1.54) is 22.5 Å². The third kappa shape index (κ3) is 3.04. The fraction of sp³-hybridized carbons (Fsp3) is 0.250. The number of nitrogens with zero attached hydrogens (tertiary/aromatic N) is 2. The van der Waals surface area contributed by atoms with E-state index in [1.54, 1.807) is 22.2 Å². The lowest BCUT2D eigenvalue weighted by molar-refractivity contribution is 0.997. The second kappa shape index (κ2) is 6.03. The van der Waals surface area contributed by atoms with Crippen molar-refractivity contribution in [1.82, 2.24) is 9.38 Å². The summed E-state index contributed by atoms with van der Waals surface area (Å²) in [6.07, 6.45) is 0. The van der Waals surface area contributed by atoms with Gasteiger partial charge in [0.15, 0.2) is 4.96 Å². The quantitative estimate of drug-likeness (QED) is 0.734. The Bertz CT molecular complexity index is 836. The molecule has 0 aliphatic rings. The molecule has 1 aromatic carbocycles. The maximum absolute atomic E-state index is 12.1. The molecule has 2 aromatic heterocycles. The van der Waals surface area contributed by atoms with Crippen LogP contribution < -0.4 is 5.56 Å². The first kappa shape index (κ1) is 14.4. The Morgan fingerprint density at radius 1 is 1.24 bits per heavy atom. The highest BCUT2D eigenvalue weighted by Gasteiger charge is 2.06. The molecule has 0 aliphatic heterocycles. The van der Waals surface area contributed by atoms with Crippen LogP contribution in [0.5, 0.6) is 0 Å². The highest BCUT2D eigenvalue weighted by molar-refractivity contribution is 7.97. The Balaban J connectivity index is 1.74. The summed E-state index contributed by atoms with van der Waals surface area (Å²) >= 11 is 3.31. The van der Waals surface area contributed by atoms with E-state index in [2.05, 4.69) is 36.2 Å². The molecule has 0 saturated heterocycles. The van der Waals surface area contributed by atoms with Crippen LogP contribution in [0.1, 0.15) is 22.5 Å². The van der Waals surface area contributed by atoms with Gasteiger partial charge < -0.3 is 0 Å². The number of benzene rings is 1. The number of aryl methyl sites for hydroxylation is 2. The molecular weight excluding hydrogens is 300 g/mol. The first-order valence-corrected chi connectivity index (χ1v) is 8.77. The van der Waals surface area contributed by atoms with Crippen molar-refractivity contribution in [2.75, 3.05) is 0 Å². The SMILES string of the molecule is Cc1ccccc1CSCc1cc(=O)n2c(C)csc2n1. The van der Waals surface area contributed by atoms with Gasteiger partial charge >= 0.3 is 0 Å². The molecule has 0 spiro atoms. The van der Waals surface area contributed by atoms with Gasteiger partial charge in [-0.3, -0.25) is 9.20 Å². The molecule has 3 aromatic rings. The van der Waals surface area contributed by atoms with E-state index >= 15 is 0 Å². The minimum atomic E-state index is 0.0187. The zero-order valence-electron chi connectivity index (χ0n) is 12.0. The van der Waals surface area contributed by atoms with Crippen LogP contribution in [0, 0.1) is 13.8 Å². The lowest BCUT2D eigenvalue weighted by atomic mass is 10.1. The minimum Gasteiger partial charge on any atom is -0.269 e. The molecule has 0 unspecified atom stereocenters. The summed E-state index contributed by atoms with van der Waals surface area (Å²) in [7, 11) is 0. The second-order valence-corrected chi connectivity index (χ2v) is 6.82. The molecule has 5 heteroatoms. The molecule has 3 rings (SSSR count). The highest BCUT2D eigenvalue weighted by Crippen LogP contribution is 2.20. The van der Waals surface area contributed by atoms with Crippen LogP contribution in [0.2, 0.25) is 0 Å². The van der Waals surface area contributed by atoms with Crippen LogP contribution >= 0.6 is 23.1 Å². The summed E-state index contributed by atoms with van der Waals surface area (Å²) < 4.78 is 1.67. The van der Waals surface area contributed by atoms with Gasteiger partial charge in [-0.1, -0.05) is 24.3 Å². The number of hydrogen-bond acceptors (Lipinski definition) is 4. The molecule has 0 aliphatic carbocycles. The lowest BCUT2D eigenvalue weighted by Gasteiger charge is -2.05. The van der Waals surface area contributed by atoms with Crippen molar-refractivity contribution in [3.63, 3.8) is 0 Å². The molecule has 108 valence electrons. The van der Waals surface area contributed by atoms with Crippen LogP contribution in [0.3, 0.4) is 0 Å². The van der Waals surface area contributed by atoms with Crippen LogP contribution in [0.25, 0.3) is 4.96 Å². The molecule has 21 heavy (non-hydrogen) atoms. The van der Waals surface area contributed by atoms with Gasteiger partial charge in [0.25, 0.3) is 5.56 Å². The van der Waals surface area contributed by atoms with Crippen LogP contribution in [-0.4, -0.2) is 9.38 Å². The minimum absolute atomic E-state index is 0.0187. The van der Waals surface area contributed by atoms with E-state index in [0.717, 1.165) is 27.9 Å². The molecule has 0 atom stereocenters. The van der Waals surface area contributed by atoms with Gasteiger partial charge in [0.1, 0.15) is 0 Å². The maximum Gasteiger partial charge on any atom is 0.258 e. The summed E-state index contributed by atoms with van der Waals surface area (Å²) in [5.74, 6) is 1.70. The average molecular weight is 316 g/mol. The van der Waals surface area contributed by atoms with Crippen molar-refractivity contribution in [2.24, 2.45) is 0 Å².